The monoisotopic (exact) mass is 270 g/mol. The van der Waals surface area contributed by atoms with Crippen molar-refractivity contribution in [2.45, 2.75) is 38.3 Å². The van der Waals surface area contributed by atoms with E-state index in [0.717, 1.165) is 18.5 Å². The van der Waals surface area contributed by atoms with Crippen molar-refractivity contribution in [1.29, 1.82) is 0 Å². The van der Waals surface area contributed by atoms with E-state index >= 15 is 0 Å². The van der Waals surface area contributed by atoms with Crippen molar-refractivity contribution in [3.63, 3.8) is 0 Å². The first-order chi connectivity index (χ1) is 8.67. The molecule has 2 unspecified atom stereocenters. The Balaban J connectivity index is 2.27. The summed E-state index contributed by atoms with van der Waals surface area (Å²) in [5.74, 6) is -0.298. The Hall–Kier alpha value is -0.640. The molecule has 4 heteroatoms. The number of nitrogens with two attached hydrogens (primary N) is 1. The van der Waals surface area contributed by atoms with Gasteiger partial charge in [0.1, 0.15) is 5.82 Å². The minimum atomic E-state index is -0.298. The second kappa shape index (κ2) is 6.00. The summed E-state index contributed by atoms with van der Waals surface area (Å²) in [5, 5.41) is 0.479. The molecule has 2 rings (SSSR count). The summed E-state index contributed by atoms with van der Waals surface area (Å²) in [6.45, 7) is 3.76. The van der Waals surface area contributed by atoms with Gasteiger partial charge in [-0.3, -0.25) is 4.90 Å². The van der Waals surface area contributed by atoms with Gasteiger partial charge in [0.15, 0.2) is 0 Å². The molecular weight excluding hydrogens is 251 g/mol. The molecule has 0 aliphatic carbocycles. The van der Waals surface area contributed by atoms with Crippen molar-refractivity contribution < 1.29 is 4.39 Å². The summed E-state index contributed by atoms with van der Waals surface area (Å²) in [7, 11) is 0. The zero-order valence-corrected chi connectivity index (χ0v) is 11.5. The summed E-state index contributed by atoms with van der Waals surface area (Å²) in [6.07, 6.45) is 3.54. The van der Waals surface area contributed by atoms with Crippen LogP contribution in [0.1, 0.15) is 37.8 Å². The average molecular weight is 271 g/mol. The van der Waals surface area contributed by atoms with Crippen LogP contribution in [0, 0.1) is 5.82 Å². The van der Waals surface area contributed by atoms with Crippen LogP contribution >= 0.6 is 11.6 Å². The van der Waals surface area contributed by atoms with E-state index in [1.165, 1.54) is 25.0 Å². The van der Waals surface area contributed by atoms with E-state index in [9.17, 15) is 4.39 Å². The lowest BCUT2D eigenvalue weighted by Crippen LogP contribution is -2.37. The lowest BCUT2D eigenvalue weighted by Gasteiger charge is -2.32. The average Bonchev–Trinajstić information content (AvgIpc) is 2.81. The molecule has 1 heterocycles. The second-order valence-electron chi connectivity index (χ2n) is 4.86. The second-order valence-corrected chi connectivity index (χ2v) is 5.27. The number of halogens is 2. The Morgan fingerprint density at radius 2 is 2.33 bits per heavy atom. The van der Waals surface area contributed by atoms with E-state index in [1.54, 1.807) is 6.07 Å². The maximum atomic E-state index is 13.1. The van der Waals surface area contributed by atoms with Crippen LogP contribution in [-0.4, -0.2) is 24.0 Å². The van der Waals surface area contributed by atoms with Crippen LogP contribution in [0.3, 0.4) is 0 Å². The summed E-state index contributed by atoms with van der Waals surface area (Å²) >= 11 is 6.15. The minimum absolute atomic E-state index is 0.102. The summed E-state index contributed by atoms with van der Waals surface area (Å²) < 4.78 is 13.1. The zero-order chi connectivity index (χ0) is 13.1. The molecule has 0 bridgehead atoms. The lowest BCUT2D eigenvalue weighted by molar-refractivity contribution is 0.180. The molecule has 100 valence electrons. The standard InChI is InChI=1S/C14H20ClFN2/c1-2-11-4-3-7-18(11)14(9-17)12-6-5-10(16)8-13(12)15/h5-6,8,11,14H,2-4,7,9,17H2,1H3. The molecule has 1 aliphatic heterocycles. The summed E-state index contributed by atoms with van der Waals surface area (Å²) in [4.78, 5) is 2.42. The van der Waals surface area contributed by atoms with Crippen molar-refractivity contribution in [3.05, 3.63) is 34.6 Å². The number of benzene rings is 1. The van der Waals surface area contributed by atoms with Crippen LogP contribution in [0.25, 0.3) is 0 Å². The fraction of sp³-hybridized carbons (Fsp3) is 0.571. The number of nitrogens with zero attached hydrogens (tertiary/aromatic N) is 1. The summed E-state index contributed by atoms with van der Waals surface area (Å²) in [5.41, 5.74) is 6.86. The molecule has 1 aliphatic rings. The molecule has 0 aromatic heterocycles. The number of hydrogen-bond acceptors (Lipinski definition) is 2. The highest BCUT2D eigenvalue weighted by atomic mass is 35.5. The number of rotatable bonds is 4. The summed E-state index contributed by atoms with van der Waals surface area (Å²) in [6, 6.07) is 5.27. The minimum Gasteiger partial charge on any atom is -0.329 e. The van der Waals surface area contributed by atoms with Gasteiger partial charge in [-0.2, -0.15) is 0 Å². The van der Waals surface area contributed by atoms with Crippen molar-refractivity contribution in [2.75, 3.05) is 13.1 Å². The quantitative estimate of drug-likeness (QED) is 0.909. The van der Waals surface area contributed by atoms with E-state index < -0.39 is 0 Å². The molecule has 1 fully saturated rings. The lowest BCUT2D eigenvalue weighted by atomic mass is 10.0. The maximum absolute atomic E-state index is 13.1. The Morgan fingerprint density at radius 3 is 2.94 bits per heavy atom. The largest absolute Gasteiger partial charge is 0.329 e. The molecule has 0 radical (unpaired) electrons. The van der Waals surface area contributed by atoms with E-state index in [-0.39, 0.29) is 11.9 Å². The molecule has 18 heavy (non-hydrogen) atoms. The van der Waals surface area contributed by atoms with Crippen LogP contribution in [0.4, 0.5) is 4.39 Å². The highest BCUT2D eigenvalue weighted by Crippen LogP contribution is 2.33. The van der Waals surface area contributed by atoms with Gasteiger partial charge < -0.3 is 5.73 Å². The first-order valence-electron chi connectivity index (χ1n) is 6.58. The SMILES string of the molecule is CCC1CCCN1C(CN)c1ccc(F)cc1Cl. The first-order valence-corrected chi connectivity index (χ1v) is 6.96. The van der Waals surface area contributed by atoms with Gasteiger partial charge in [-0.25, -0.2) is 4.39 Å². The molecule has 1 saturated heterocycles. The van der Waals surface area contributed by atoms with Gasteiger partial charge in [-0.1, -0.05) is 24.6 Å². The van der Waals surface area contributed by atoms with Gasteiger partial charge >= 0.3 is 0 Å². The van der Waals surface area contributed by atoms with E-state index in [4.69, 9.17) is 17.3 Å². The van der Waals surface area contributed by atoms with Crippen molar-refractivity contribution in [2.24, 2.45) is 5.73 Å². The Bertz CT molecular complexity index is 411. The van der Waals surface area contributed by atoms with Crippen LogP contribution in [0.2, 0.25) is 5.02 Å². The predicted molar refractivity (Wildman–Crippen MR) is 73.2 cm³/mol. The molecule has 1 aromatic rings. The van der Waals surface area contributed by atoms with Gasteiger partial charge in [0.05, 0.1) is 0 Å². The van der Waals surface area contributed by atoms with Crippen LogP contribution in [0.5, 0.6) is 0 Å². The van der Waals surface area contributed by atoms with Crippen LogP contribution < -0.4 is 5.73 Å². The fourth-order valence-electron chi connectivity index (χ4n) is 2.92. The molecule has 2 N–H and O–H groups in total. The third-order valence-corrected chi connectivity index (χ3v) is 4.17. The number of likely N-dealkylation sites (tertiary alicyclic amines) is 1. The Labute approximate surface area is 113 Å². The molecule has 2 atom stereocenters. The molecule has 2 nitrogen and oxygen atoms in total. The highest BCUT2D eigenvalue weighted by Gasteiger charge is 2.30. The van der Waals surface area contributed by atoms with E-state index in [1.807, 2.05) is 0 Å². The predicted octanol–water partition coefficient (Wildman–Crippen LogP) is 3.35. The van der Waals surface area contributed by atoms with Crippen LogP contribution in [0.15, 0.2) is 18.2 Å². The first kappa shape index (κ1) is 13.8. The Morgan fingerprint density at radius 1 is 1.56 bits per heavy atom. The topological polar surface area (TPSA) is 29.3 Å². The third kappa shape index (κ3) is 2.68. The van der Waals surface area contributed by atoms with Crippen molar-refractivity contribution >= 4 is 11.6 Å². The van der Waals surface area contributed by atoms with Gasteiger partial charge in [-0.05, 0) is 43.5 Å². The van der Waals surface area contributed by atoms with Gasteiger partial charge in [0.2, 0.25) is 0 Å². The normalized spacial score (nSPS) is 22.3. The maximum Gasteiger partial charge on any atom is 0.124 e. The van der Waals surface area contributed by atoms with Gasteiger partial charge in [-0.15, -0.1) is 0 Å². The molecular formula is C14H20ClFN2. The van der Waals surface area contributed by atoms with Gasteiger partial charge in [0.25, 0.3) is 0 Å². The van der Waals surface area contributed by atoms with Crippen molar-refractivity contribution in [3.8, 4) is 0 Å². The molecule has 0 amide bonds. The highest BCUT2D eigenvalue weighted by molar-refractivity contribution is 6.31. The zero-order valence-electron chi connectivity index (χ0n) is 10.7. The molecule has 1 aromatic carbocycles. The smallest absolute Gasteiger partial charge is 0.124 e. The molecule has 0 spiro atoms. The molecule has 0 saturated carbocycles. The van der Waals surface area contributed by atoms with Crippen molar-refractivity contribution in [1.82, 2.24) is 4.90 Å². The van der Waals surface area contributed by atoms with Crippen LogP contribution in [-0.2, 0) is 0 Å². The number of hydrogen-bond donors (Lipinski definition) is 1. The fourth-order valence-corrected chi connectivity index (χ4v) is 3.21. The van der Waals surface area contributed by atoms with E-state index in [0.29, 0.717) is 17.6 Å². The Kier molecular flexibility index (Phi) is 4.60. The third-order valence-electron chi connectivity index (χ3n) is 3.84. The van der Waals surface area contributed by atoms with Gasteiger partial charge in [0, 0.05) is 23.7 Å². The van der Waals surface area contributed by atoms with E-state index in [2.05, 4.69) is 11.8 Å².